The Hall–Kier alpha value is -5.55. The summed E-state index contributed by atoms with van der Waals surface area (Å²) in [7, 11) is 0. The van der Waals surface area contributed by atoms with Gasteiger partial charge in [0.25, 0.3) is 0 Å². The number of anilines is 1. The number of nitrogens with zero attached hydrogens (tertiary/aromatic N) is 4. The van der Waals surface area contributed by atoms with Crippen LogP contribution in [0.2, 0.25) is 0 Å². The normalized spacial score (nSPS) is 14.8. The summed E-state index contributed by atoms with van der Waals surface area (Å²) in [6, 6.07) is 46.0. The Morgan fingerprint density at radius 2 is 1.14 bits per heavy atom. The second-order valence-electron chi connectivity index (χ2n) is 10.7. The molecule has 5 nitrogen and oxygen atoms in total. The fourth-order valence-corrected chi connectivity index (χ4v) is 5.31. The molecule has 0 N–H and O–H groups in total. The van der Waals surface area contributed by atoms with E-state index in [2.05, 4.69) is 125 Å². The molecular formula is C38H30N4O. The van der Waals surface area contributed by atoms with E-state index in [0.29, 0.717) is 11.8 Å². The molecule has 0 amide bonds. The van der Waals surface area contributed by atoms with Crippen LogP contribution in [0.4, 0.5) is 5.69 Å². The minimum Gasteiger partial charge on any atom is -0.416 e. The van der Waals surface area contributed by atoms with Crippen LogP contribution in [0, 0.1) is 6.92 Å². The quantitative estimate of drug-likeness (QED) is 0.183. The standard InChI is InChI=1S/C38H30N4O/c1-27-12-20-30(21-13-27)35-26-36(31-8-4-2-5-9-31)42(41-35)34-24-18-29(19-25-34)15-14-28-16-22-33(23-17-28)38-40-39-37(43-38)32-10-6-3-7-11-32/h2-25,36H,26H2,1H3. The Morgan fingerprint density at radius 1 is 0.605 bits per heavy atom. The van der Waals surface area contributed by atoms with E-state index in [1.54, 1.807) is 0 Å². The van der Waals surface area contributed by atoms with E-state index < -0.39 is 0 Å². The van der Waals surface area contributed by atoms with E-state index in [1.165, 1.54) is 16.7 Å². The molecule has 7 rings (SSSR count). The molecule has 1 unspecified atom stereocenters. The van der Waals surface area contributed by atoms with Gasteiger partial charge < -0.3 is 4.42 Å². The maximum atomic E-state index is 5.90. The number of aryl methyl sites for hydroxylation is 1. The van der Waals surface area contributed by atoms with Gasteiger partial charge in [-0.2, -0.15) is 5.10 Å². The molecule has 1 aromatic heterocycles. The van der Waals surface area contributed by atoms with Crippen LogP contribution in [0.1, 0.15) is 40.3 Å². The summed E-state index contributed by atoms with van der Waals surface area (Å²) in [6.45, 7) is 2.11. The maximum Gasteiger partial charge on any atom is 0.248 e. The van der Waals surface area contributed by atoms with E-state index in [0.717, 1.165) is 40.1 Å². The highest BCUT2D eigenvalue weighted by Gasteiger charge is 2.29. The number of benzene rings is 5. The highest BCUT2D eigenvalue weighted by molar-refractivity contribution is 6.03. The number of hydrazone groups is 1. The van der Waals surface area contributed by atoms with Gasteiger partial charge >= 0.3 is 0 Å². The molecule has 0 bridgehead atoms. The minimum atomic E-state index is 0.153. The Bertz CT molecular complexity index is 1870. The molecule has 0 spiro atoms. The third kappa shape index (κ3) is 5.79. The number of rotatable bonds is 7. The first-order valence-corrected chi connectivity index (χ1v) is 14.5. The van der Waals surface area contributed by atoms with Crippen molar-refractivity contribution in [3.8, 4) is 22.9 Å². The van der Waals surface area contributed by atoms with Crippen LogP contribution in [0.25, 0.3) is 35.1 Å². The van der Waals surface area contributed by atoms with Crippen molar-refractivity contribution in [2.24, 2.45) is 5.10 Å². The van der Waals surface area contributed by atoms with Gasteiger partial charge in [0, 0.05) is 17.5 Å². The summed E-state index contributed by atoms with van der Waals surface area (Å²) in [6.07, 6.45) is 5.10. The van der Waals surface area contributed by atoms with Crippen LogP contribution >= 0.6 is 0 Å². The van der Waals surface area contributed by atoms with Crippen LogP contribution in [-0.4, -0.2) is 15.9 Å². The molecule has 43 heavy (non-hydrogen) atoms. The monoisotopic (exact) mass is 558 g/mol. The lowest BCUT2D eigenvalue weighted by molar-refractivity contribution is 0.584. The molecule has 0 saturated carbocycles. The van der Waals surface area contributed by atoms with Gasteiger partial charge in [0.15, 0.2) is 0 Å². The van der Waals surface area contributed by atoms with E-state index in [9.17, 15) is 0 Å². The fourth-order valence-electron chi connectivity index (χ4n) is 5.31. The van der Waals surface area contributed by atoms with E-state index in [-0.39, 0.29) is 6.04 Å². The lowest BCUT2D eigenvalue weighted by atomic mass is 9.98. The van der Waals surface area contributed by atoms with Crippen LogP contribution in [0.15, 0.2) is 143 Å². The molecule has 1 atom stereocenters. The van der Waals surface area contributed by atoms with E-state index in [4.69, 9.17) is 9.52 Å². The second kappa shape index (κ2) is 11.7. The number of hydrogen-bond donors (Lipinski definition) is 0. The van der Waals surface area contributed by atoms with Gasteiger partial charge in [0.1, 0.15) is 0 Å². The van der Waals surface area contributed by atoms with Crippen molar-refractivity contribution in [3.05, 3.63) is 161 Å². The average Bonchev–Trinajstić information content (AvgIpc) is 3.75. The van der Waals surface area contributed by atoms with Crippen molar-refractivity contribution in [1.82, 2.24) is 10.2 Å². The van der Waals surface area contributed by atoms with Gasteiger partial charge in [0.05, 0.1) is 17.4 Å². The first kappa shape index (κ1) is 26.4. The molecule has 1 aliphatic heterocycles. The van der Waals surface area contributed by atoms with E-state index >= 15 is 0 Å². The summed E-state index contributed by atoms with van der Waals surface area (Å²) in [5.41, 5.74) is 9.88. The van der Waals surface area contributed by atoms with Crippen LogP contribution < -0.4 is 5.01 Å². The predicted octanol–water partition coefficient (Wildman–Crippen LogP) is 9.24. The number of aromatic nitrogens is 2. The molecule has 0 aliphatic carbocycles. The fraction of sp³-hybridized carbons (Fsp3) is 0.0789. The van der Waals surface area contributed by atoms with Gasteiger partial charge in [-0.3, -0.25) is 5.01 Å². The highest BCUT2D eigenvalue weighted by Crippen LogP contribution is 2.37. The lowest BCUT2D eigenvalue weighted by Gasteiger charge is -2.24. The van der Waals surface area contributed by atoms with Crippen molar-refractivity contribution in [2.45, 2.75) is 19.4 Å². The molecule has 6 aromatic rings. The third-order valence-corrected chi connectivity index (χ3v) is 7.71. The summed E-state index contributed by atoms with van der Waals surface area (Å²) in [5.74, 6) is 1.03. The Morgan fingerprint density at radius 3 is 1.77 bits per heavy atom. The topological polar surface area (TPSA) is 54.5 Å². The molecule has 0 radical (unpaired) electrons. The maximum absolute atomic E-state index is 5.90. The Kier molecular flexibility index (Phi) is 7.20. The molecule has 2 heterocycles. The van der Waals surface area contributed by atoms with Gasteiger partial charge in [-0.15, -0.1) is 10.2 Å². The Labute approximate surface area is 251 Å². The van der Waals surface area contributed by atoms with Gasteiger partial charge in [-0.25, -0.2) is 0 Å². The van der Waals surface area contributed by atoms with Crippen molar-refractivity contribution in [1.29, 1.82) is 0 Å². The Balaban J connectivity index is 1.07. The van der Waals surface area contributed by atoms with Gasteiger partial charge in [-0.05, 0) is 65.6 Å². The molecule has 1 aliphatic rings. The molecule has 0 saturated heterocycles. The lowest BCUT2D eigenvalue weighted by Crippen LogP contribution is -2.18. The second-order valence-corrected chi connectivity index (χ2v) is 10.7. The summed E-state index contributed by atoms with van der Waals surface area (Å²) in [4.78, 5) is 0. The molecule has 5 aromatic carbocycles. The predicted molar refractivity (Wildman–Crippen MR) is 175 cm³/mol. The number of hydrogen-bond acceptors (Lipinski definition) is 5. The SMILES string of the molecule is Cc1ccc(C2=NN(c3ccc(C=Cc4ccc(-c5nnc(-c6ccccc6)o5)cc4)cc3)C(c3ccccc3)C2)cc1. The van der Waals surface area contributed by atoms with Crippen molar-refractivity contribution in [3.63, 3.8) is 0 Å². The van der Waals surface area contributed by atoms with Crippen LogP contribution in [0.5, 0.6) is 0 Å². The van der Waals surface area contributed by atoms with Crippen molar-refractivity contribution >= 4 is 23.6 Å². The van der Waals surface area contributed by atoms with Gasteiger partial charge in [0.2, 0.25) is 11.8 Å². The van der Waals surface area contributed by atoms with Crippen molar-refractivity contribution < 1.29 is 4.42 Å². The van der Waals surface area contributed by atoms with Gasteiger partial charge in [-0.1, -0.05) is 115 Å². The first-order valence-electron chi connectivity index (χ1n) is 14.5. The average molecular weight is 559 g/mol. The van der Waals surface area contributed by atoms with Crippen molar-refractivity contribution in [2.75, 3.05) is 5.01 Å². The molecule has 0 fully saturated rings. The van der Waals surface area contributed by atoms with E-state index in [1.807, 2.05) is 42.5 Å². The summed E-state index contributed by atoms with van der Waals surface area (Å²) >= 11 is 0. The third-order valence-electron chi connectivity index (χ3n) is 7.71. The minimum absolute atomic E-state index is 0.153. The molecular weight excluding hydrogens is 528 g/mol. The summed E-state index contributed by atoms with van der Waals surface area (Å²) in [5, 5.41) is 15.7. The first-order chi connectivity index (χ1) is 21.2. The zero-order valence-corrected chi connectivity index (χ0v) is 23.8. The van der Waals surface area contributed by atoms with Crippen LogP contribution in [0.3, 0.4) is 0 Å². The summed E-state index contributed by atoms with van der Waals surface area (Å²) < 4.78 is 5.90. The molecule has 208 valence electrons. The largest absolute Gasteiger partial charge is 0.416 e. The van der Waals surface area contributed by atoms with Crippen LogP contribution in [-0.2, 0) is 0 Å². The smallest absolute Gasteiger partial charge is 0.248 e. The highest BCUT2D eigenvalue weighted by atomic mass is 16.4. The molecule has 5 heteroatoms. The zero-order valence-electron chi connectivity index (χ0n) is 23.8. The zero-order chi connectivity index (χ0) is 29.0.